The maximum Gasteiger partial charge on any atom is 0.296 e. The Hall–Kier alpha value is -3.65. The molecule has 8 heteroatoms. The Bertz CT molecular complexity index is 1510. The highest BCUT2D eigenvalue weighted by atomic mass is 79.9. The number of phenolic OH excluding ortho intramolecular Hbond substituents is 1. The molecule has 0 spiro atoms. The summed E-state index contributed by atoms with van der Waals surface area (Å²) in [6, 6.07) is 11.3. The average Bonchev–Trinajstić information content (AvgIpc) is 3.08. The highest BCUT2D eigenvalue weighted by molar-refractivity contribution is 9.10. The smallest absolute Gasteiger partial charge is 0.296 e. The van der Waals surface area contributed by atoms with E-state index < -0.39 is 11.9 Å². The van der Waals surface area contributed by atoms with Crippen LogP contribution in [0.3, 0.4) is 0 Å². The van der Waals surface area contributed by atoms with Crippen LogP contribution in [0, 0.1) is 13.8 Å². The van der Waals surface area contributed by atoms with Crippen LogP contribution in [0.5, 0.6) is 11.5 Å². The molecule has 33 heavy (non-hydrogen) atoms. The van der Waals surface area contributed by atoms with Crippen LogP contribution in [0.25, 0.3) is 11.0 Å². The fourth-order valence-electron chi connectivity index (χ4n) is 4.20. The molecule has 7 nitrogen and oxygen atoms in total. The summed E-state index contributed by atoms with van der Waals surface area (Å²) in [4.78, 5) is 33.2. The molecule has 1 aliphatic rings. The molecule has 4 aromatic rings. The molecule has 0 bridgehead atoms. The number of aromatic nitrogens is 1. The molecular formula is C25H19BrN2O5. The third kappa shape index (κ3) is 3.29. The second-order valence-electron chi connectivity index (χ2n) is 8.00. The van der Waals surface area contributed by atoms with E-state index in [2.05, 4.69) is 20.9 Å². The number of nitrogens with zero attached hydrogens (tertiary/aromatic N) is 2. The van der Waals surface area contributed by atoms with Gasteiger partial charge in [0.2, 0.25) is 5.76 Å². The van der Waals surface area contributed by atoms with Crippen molar-refractivity contribution in [2.24, 2.45) is 0 Å². The van der Waals surface area contributed by atoms with E-state index in [4.69, 9.17) is 9.15 Å². The second-order valence-corrected chi connectivity index (χ2v) is 8.85. The van der Waals surface area contributed by atoms with Crippen LogP contribution < -0.4 is 15.1 Å². The summed E-state index contributed by atoms with van der Waals surface area (Å²) < 4.78 is 11.7. The Balaban J connectivity index is 1.85. The molecule has 0 radical (unpaired) electrons. The van der Waals surface area contributed by atoms with Gasteiger partial charge in [-0.2, -0.15) is 0 Å². The van der Waals surface area contributed by atoms with Crippen molar-refractivity contribution in [1.82, 2.24) is 4.98 Å². The Morgan fingerprint density at radius 2 is 1.85 bits per heavy atom. The number of aromatic hydroxyl groups is 1. The van der Waals surface area contributed by atoms with Gasteiger partial charge < -0.3 is 14.3 Å². The lowest BCUT2D eigenvalue weighted by Crippen LogP contribution is -2.30. The number of hydrogen-bond donors (Lipinski definition) is 1. The number of amides is 1. The van der Waals surface area contributed by atoms with Gasteiger partial charge in [0.15, 0.2) is 16.9 Å². The summed E-state index contributed by atoms with van der Waals surface area (Å²) in [7, 11) is 1.43. The van der Waals surface area contributed by atoms with Crippen molar-refractivity contribution in [1.29, 1.82) is 0 Å². The minimum absolute atomic E-state index is 0.0205. The van der Waals surface area contributed by atoms with Crippen molar-refractivity contribution in [3.8, 4) is 11.5 Å². The number of pyridine rings is 1. The van der Waals surface area contributed by atoms with Gasteiger partial charge in [0.25, 0.3) is 5.91 Å². The van der Waals surface area contributed by atoms with Crippen molar-refractivity contribution >= 4 is 38.6 Å². The van der Waals surface area contributed by atoms with E-state index in [0.29, 0.717) is 26.8 Å². The zero-order valence-electron chi connectivity index (χ0n) is 18.0. The first-order valence-electron chi connectivity index (χ1n) is 10.2. The zero-order chi connectivity index (χ0) is 23.4. The number of phenols is 1. The van der Waals surface area contributed by atoms with E-state index in [0.717, 1.165) is 11.1 Å². The van der Waals surface area contributed by atoms with Gasteiger partial charge in [-0.3, -0.25) is 14.5 Å². The van der Waals surface area contributed by atoms with Crippen molar-refractivity contribution in [2.45, 2.75) is 19.9 Å². The Morgan fingerprint density at radius 3 is 2.58 bits per heavy atom. The summed E-state index contributed by atoms with van der Waals surface area (Å²) >= 11 is 3.34. The first kappa shape index (κ1) is 21.2. The molecule has 1 aliphatic heterocycles. The Morgan fingerprint density at radius 1 is 1.09 bits per heavy atom. The average molecular weight is 507 g/mol. The van der Waals surface area contributed by atoms with Gasteiger partial charge >= 0.3 is 0 Å². The predicted octanol–water partition coefficient (Wildman–Crippen LogP) is 5.03. The Labute approximate surface area is 197 Å². The van der Waals surface area contributed by atoms with Gasteiger partial charge in [0, 0.05) is 6.20 Å². The third-order valence-electron chi connectivity index (χ3n) is 5.76. The number of rotatable bonds is 3. The van der Waals surface area contributed by atoms with E-state index in [1.54, 1.807) is 36.5 Å². The number of halogens is 1. The maximum absolute atomic E-state index is 13.7. The van der Waals surface area contributed by atoms with Crippen molar-refractivity contribution in [3.05, 3.63) is 91.4 Å². The summed E-state index contributed by atoms with van der Waals surface area (Å²) in [6.45, 7) is 3.79. The van der Waals surface area contributed by atoms with Gasteiger partial charge in [-0.1, -0.05) is 11.6 Å². The number of methoxy groups -OCH3 is 1. The van der Waals surface area contributed by atoms with Crippen LogP contribution >= 0.6 is 15.9 Å². The molecule has 0 aliphatic carbocycles. The van der Waals surface area contributed by atoms with Gasteiger partial charge in [-0.05, 0) is 77.3 Å². The Kier molecular flexibility index (Phi) is 4.97. The quantitative estimate of drug-likeness (QED) is 0.418. The molecule has 0 saturated heterocycles. The van der Waals surface area contributed by atoms with E-state index in [9.17, 15) is 14.7 Å². The second kappa shape index (κ2) is 7.74. The van der Waals surface area contributed by atoms with Crippen LogP contribution in [0.4, 0.5) is 5.82 Å². The highest BCUT2D eigenvalue weighted by Gasteiger charge is 2.44. The van der Waals surface area contributed by atoms with Gasteiger partial charge in [-0.15, -0.1) is 0 Å². The molecule has 1 atom stereocenters. The minimum Gasteiger partial charge on any atom is -0.503 e. The number of aryl methyl sites for hydroxylation is 2. The van der Waals surface area contributed by atoms with Crippen LogP contribution in [0.2, 0.25) is 0 Å². The summed E-state index contributed by atoms with van der Waals surface area (Å²) in [6.07, 6.45) is 1.61. The van der Waals surface area contributed by atoms with Crippen LogP contribution in [0.1, 0.15) is 38.9 Å². The topological polar surface area (TPSA) is 92.9 Å². The minimum atomic E-state index is -0.825. The summed E-state index contributed by atoms with van der Waals surface area (Å²) in [5, 5.41) is 10.7. The fourth-order valence-corrected chi connectivity index (χ4v) is 4.66. The molecule has 1 amide bonds. The standard InChI is InChI=1S/C25H19BrN2O5/c1-12-4-5-17-15(8-12)22(29)20-21(14-10-16(26)23(30)18(11-14)32-3)28(25(31)24(20)33-17)19-9-13(2)6-7-27-19/h4-11,21,30H,1-3H3. The van der Waals surface area contributed by atoms with E-state index >= 15 is 0 Å². The number of anilines is 1. The van der Waals surface area contributed by atoms with E-state index in [1.165, 1.54) is 12.0 Å². The summed E-state index contributed by atoms with van der Waals surface area (Å²) in [5.74, 6) is 0.0357. The third-order valence-corrected chi connectivity index (χ3v) is 6.36. The maximum atomic E-state index is 13.7. The fraction of sp³-hybridized carbons (Fsp3) is 0.160. The normalized spacial score (nSPS) is 15.2. The molecule has 1 unspecified atom stereocenters. The van der Waals surface area contributed by atoms with E-state index in [1.807, 2.05) is 26.0 Å². The highest BCUT2D eigenvalue weighted by Crippen LogP contribution is 2.44. The van der Waals surface area contributed by atoms with Crippen molar-refractivity contribution in [2.75, 3.05) is 12.0 Å². The van der Waals surface area contributed by atoms with Crippen LogP contribution in [0.15, 0.2) is 62.3 Å². The molecule has 2 aromatic heterocycles. The summed E-state index contributed by atoms with van der Waals surface area (Å²) in [5.41, 5.74) is 2.66. The molecular weight excluding hydrogens is 488 g/mol. The predicted molar refractivity (Wildman–Crippen MR) is 127 cm³/mol. The number of fused-ring (bicyclic) bond motifs is 2. The molecule has 3 heterocycles. The first-order chi connectivity index (χ1) is 15.8. The van der Waals surface area contributed by atoms with Crippen molar-refractivity contribution < 1.29 is 19.1 Å². The molecule has 1 N–H and O–H groups in total. The number of carbonyl (C=O) groups is 1. The van der Waals surface area contributed by atoms with Gasteiger partial charge in [-0.25, -0.2) is 4.98 Å². The van der Waals surface area contributed by atoms with Crippen LogP contribution in [-0.4, -0.2) is 23.1 Å². The number of carbonyl (C=O) groups excluding carboxylic acids is 1. The molecule has 166 valence electrons. The molecule has 0 saturated carbocycles. The first-order valence-corrected chi connectivity index (χ1v) is 11.0. The largest absolute Gasteiger partial charge is 0.503 e. The number of benzene rings is 2. The van der Waals surface area contributed by atoms with Gasteiger partial charge in [0.1, 0.15) is 11.4 Å². The van der Waals surface area contributed by atoms with Crippen molar-refractivity contribution in [3.63, 3.8) is 0 Å². The lowest BCUT2D eigenvalue weighted by molar-refractivity contribution is 0.0970. The lowest BCUT2D eigenvalue weighted by atomic mass is 9.97. The van der Waals surface area contributed by atoms with E-state index in [-0.39, 0.29) is 28.3 Å². The monoisotopic (exact) mass is 506 g/mol. The van der Waals surface area contributed by atoms with Crippen LogP contribution in [-0.2, 0) is 0 Å². The SMILES string of the molecule is COc1cc(C2c3c(oc4ccc(C)cc4c3=O)C(=O)N2c2cc(C)ccn2)cc(Br)c1O. The lowest BCUT2D eigenvalue weighted by Gasteiger charge is -2.25. The molecule has 0 fully saturated rings. The number of hydrogen-bond acceptors (Lipinski definition) is 6. The number of ether oxygens (including phenoxy) is 1. The molecule has 2 aromatic carbocycles. The zero-order valence-corrected chi connectivity index (χ0v) is 19.6. The molecule has 5 rings (SSSR count). The van der Waals surface area contributed by atoms with Gasteiger partial charge in [0.05, 0.1) is 28.6 Å².